The molecule has 2 rings (SSSR count). The van der Waals surface area contributed by atoms with Gasteiger partial charge in [0, 0.05) is 25.6 Å². The minimum atomic E-state index is 0.839. The van der Waals surface area contributed by atoms with Crippen molar-refractivity contribution in [1.29, 1.82) is 0 Å². The Hall–Kier alpha value is -2.10. The third kappa shape index (κ3) is 4.74. The van der Waals surface area contributed by atoms with Crippen molar-refractivity contribution in [1.82, 2.24) is 9.97 Å². The van der Waals surface area contributed by atoms with Crippen molar-refractivity contribution in [3.63, 3.8) is 0 Å². The summed E-state index contributed by atoms with van der Waals surface area (Å²) in [5.41, 5.74) is 2.65. The minimum Gasteiger partial charge on any atom is -0.370 e. The number of nitrogens with one attached hydrogen (secondary N) is 2. The van der Waals surface area contributed by atoms with Crippen molar-refractivity contribution in [3.8, 4) is 0 Å². The molecule has 0 bridgehead atoms. The summed E-state index contributed by atoms with van der Waals surface area (Å²) in [6, 6.07) is 10.6. The second-order valence-electron chi connectivity index (χ2n) is 5.10. The van der Waals surface area contributed by atoms with Crippen molar-refractivity contribution in [2.45, 2.75) is 33.6 Å². The number of nitrogens with zero attached hydrogens (tertiary/aromatic N) is 2. The van der Waals surface area contributed by atoms with Gasteiger partial charge in [0.25, 0.3) is 0 Å². The van der Waals surface area contributed by atoms with Gasteiger partial charge < -0.3 is 10.6 Å². The lowest BCUT2D eigenvalue weighted by Gasteiger charge is -2.10. The van der Waals surface area contributed by atoms with E-state index in [1.165, 1.54) is 11.1 Å². The summed E-state index contributed by atoms with van der Waals surface area (Å²) in [4.78, 5) is 8.98. The van der Waals surface area contributed by atoms with Crippen LogP contribution in [0.15, 0.2) is 30.3 Å². The molecule has 2 N–H and O–H groups in total. The number of aromatic nitrogens is 2. The molecule has 4 nitrogen and oxygen atoms in total. The first-order valence-electron chi connectivity index (χ1n) is 7.62. The molecule has 0 radical (unpaired) electrons. The molecule has 1 aromatic carbocycles. The highest BCUT2D eigenvalue weighted by Crippen LogP contribution is 2.12. The van der Waals surface area contributed by atoms with Crippen LogP contribution in [0.5, 0.6) is 0 Å². The van der Waals surface area contributed by atoms with Crippen LogP contribution in [-0.2, 0) is 12.8 Å². The van der Waals surface area contributed by atoms with Crippen LogP contribution in [0.4, 0.5) is 11.6 Å². The first kappa shape index (κ1) is 15.3. The maximum Gasteiger partial charge on any atom is 0.132 e. The molecule has 0 aliphatic heterocycles. The largest absolute Gasteiger partial charge is 0.370 e. The molecule has 0 saturated heterocycles. The van der Waals surface area contributed by atoms with Crippen molar-refractivity contribution in [2.75, 3.05) is 23.7 Å². The van der Waals surface area contributed by atoms with Crippen LogP contribution in [0.25, 0.3) is 0 Å². The van der Waals surface area contributed by atoms with Crippen LogP contribution in [0.3, 0.4) is 0 Å². The molecule has 1 aromatic heterocycles. The summed E-state index contributed by atoms with van der Waals surface area (Å²) >= 11 is 0. The van der Waals surface area contributed by atoms with Gasteiger partial charge in [0.2, 0.25) is 0 Å². The van der Waals surface area contributed by atoms with Gasteiger partial charge in [-0.1, -0.05) is 36.8 Å². The number of benzene rings is 1. The number of aryl methyl sites for hydroxylation is 2. The number of hydrogen-bond acceptors (Lipinski definition) is 4. The summed E-state index contributed by atoms with van der Waals surface area (Å²) in [6.45, 7) is 8.00. The topological polar surface area (TPSA) is 49.8 Å². The summed E-state index contributed by atoms with van der Waals surface area (Å²) in [5, 5.41) is 6.64. The maximum absolute atomic E-state index is 4.52. The normalized spacial score (nSPS) is 10.4. The van der Waals surface area contributed by atoms with E-state index in [9.17, 15) is 0 Å². The molecule has 21 heavy (non-hydrogen) atoms. The molecular formula is C17H24N4. The second-order valence-corrected chi connectivity index (χ2v) is 5.10. The molecule has 0 unspecified atom stereocenters. The van der Waals surface area contributed by atoms with Crippen LogP contribution in [0, 0.1) is 6.92 Å². The Morgan fingerprint density at radius 2 is 1.76 bits per heavy atom. The molecule has 1 heterocycles. The summed E-state index contributed by atoms with van der Waals surface area (Å²) in [7, 11) is 0. The van der Waals surface area contributed by atoms with Gasteiger partial charge in [-0.25, -0.2) is 9.97 Å². The van der Waals surface area contributed by atoms with Crippen LogP contribution in [0.1, 0.15) is 30.8 Å². The molecule has 2 aromatic rings. The molecule has 112 valence electrons. The predicted molar refractivity (Wildman–Crippen MR) is 88.9 cm³/mol. The standard InChI is InChI=1S/C17H24N4/c1-4-15-20-16(18-5-2)12-17(21-15)19-10-9-14-8-6-7-13(3)11-14/h6-8,11-12H,4-5,9-10H2,1-3H3,(H2,18,19,20,21). The molecule has 0 amide bonds. The Kier molecular flexibility index (Phi) is 5.55. The highest BCUT2D eigenvalue weighted by atomic mass is 15.1. The monoisotopic (exact) mass is 284 g/mol. The van der Waals surface area contributed by atoms with Crippen molar-refractivity contribution in [2.24, 2.45) is 0 Å². The van der Waals surface area contributed by atoms with E-state index in [1.54, 1.807) is 0 Å². The number of anilines is 2. The summed E-state index contributed by atoms with van der Waals surface area (Å²) < 4.78 is 0. The predicted octanol–water partition coefficient (Wildman–Crippen LogP) is 3.43. The van der Waals surface area contributed by atoms with Gasteiger partial charge in [-0.3, -0.25) is 0 Å². The van der Waals surface area contributed by atoms with Gasteiger partial charge in [0.05, 0.1) is 0 Å². The van der Waals surface area contributed by atoms with Gasteiger partial charge in [-0.2, -0.15) is 0 Å². The second kappa shape index (κ2) is 7.62. The third-order valence-electron chi connectivity index (χ3n) is 3.25. The van der Waals surface area contributed by atoms with Gasteiger partial charge in [-0.15, -0.1) is 0 Å². The van der Waals surface area contributed by atoms with E-state index in [4.69, 9.17) is 0 Å². The minimum absolute atomic E-state index is 0.839. The van der Waals surface area contributed by atoms with Crippen LogP contribution < -0.4 is 10.6 Å². The molecule has 0 spiro atoms. The molecule has 0 aliphatic carbocycles. The number of rotatable bonds is 7. The van der Waals surface area contributed by atoms with E-state index in [0.717, 1.165) is 43.4 Å². The lowest BCUT2D eigenvalue weighted by Crippen LogP contribution is -2.10. The first-order valence-corrected chi connectivity index (χ1v) is 7.62. The van der Waals surface area contributed by atoms with E-state index in [1.807, 2.05) is 6.07 Å². The molecule has 0 atom stereocenters. The maximum atomic E-state index is 4.52. The molecule has 0 fully saturated rings. The Bertz CT molecular complexity index is 581. The SMILES string of the molecule is CCNc1cc(NCCc2cccc(C)c2)nc(CC)n1. The Labute approximate surface area is 127 Å². The summed E-state index contributed by atoms with van der Waals surface area (Å²) in [6.07, 6.45) is 1.83. The van der Waals surface area contributed by atoms with E-state index in [-0.39, 0.29) is 0 Å². The highest BCUT2D eigenvalue weighted by Gasteiger charge is 2.03. The molecule has 4 heteroatoms. The third-order valence-corrected chi connectivity index (χ3v) is 3.25. The molecule has 0 aliphatic rings. The lowest BCUT2D eigenvalue weighted by atomic mass is 10.1. The van der Waals surface area contributed by atoms with Gasteiger partial charge in [0.1, 0.15) is 17.5 Å². The molecular weight excluding hydrogens is 260 g/mol. The quantitative estimate of drug-likeness (QED) is 0.818. The number of hydrogen-bond donors (Lipinski definition) is 2. The van der Waals surface area contributed by atoms with E-state index < -0.39 is 0 Å². The fourth-order valence-electron chi connectivity index (χ4n) is 2.22. The van der Waals surface area contributed by atoms with Crippen LogP contribution >= 0.6 is 0 Å². The van der Waals surface area contributed by atoms with Gasteiger partial charge in [-0.05, 0) is 25.8 Å². The lowest BCUT2D eigenvalue weighted by molar-refractivity contribution is 0.922. The van der Waals surface area contributed by atoms with Gasteiger partial charge >= 0.3 is 0 Å². The smallest absolute Gasteiger partial charge is 0.132 e. The van der Waals surface area contributed by atoms with Crippen molar-refractivity contribution in [3.05, 3.63) is 47.3 Å². The summed E-state index contributed by atoms with van der Waals surface area (Å²) in [5.74, 6) is 2.65. The average molecular weight is 284 g/mol. The van der Waals surface area contributed by atoms with E-state index >= 15 is 0 Å². The van der Waals surface area contributed by atoms with Crippen molar-refractivity contribution < 1.29 is 0 Å². The Morgan fingerprint density at radius 1 is 1.00 bits per heavy atom. The van der Waals surface area contributed by atoms with E-state index in [0.29, 0.717) is 0 Å². The fraction of sp³-hybridized carbons (Fsp3) is 0.412. The fourth-order valence-corrected chi connectivity index (χ4v) is 2.22. The van der Waals surface area contributed by atoms with E-state index in [2.05, 4.69) is 65.6 Å². The zero-order valence-corrected chi connectivity index (χ0v) is 13.1. The van der Waals surface area contributed by atoms with Crippen molar-refractivity contribution >= 4 is 11.6 Å². The zero-order chi connectivity index (χ0) is 15.1. The van der Waals surface area contributed by atoms with Gasteiger partial charge in [0.15, 0.2) is 0 Å². The molecule has 0 saturated carbocycles. The highest BCUT2D eigenvalue weighted by molar-refractivity contribution is 5.47. The van der Waals surface area contributed by atoms with Crippen LogP contribution in [-0.4, -0.2) is 23.1 Å². The van der Waals surface area contributed by atoms with Crippen LogP contribution in [0.2, 0.25) is 0 Å². The zero-order valence-electron chi connectivity index (χ0n) is 13.1. The first-order chi connectivity index (χ1) is 10.2. The Morgan fingerprint density at radius 3 is 2.43 bits per heavy atom. The Balaban J connectivity index is 1.97. The average Bonchev–Trinajstić information content (AvgIpc) is 2.47.